The molecule has 29 heavy (non-hydrogen) atoms. The van der Waals surface area contributed by atoms with E-state index in [1.807, 2.05) is 4.90 Å². The maximum atomic E-state index is 13.5. The summed E-state index contributed by atoms with van der Waals surface area (Å²) in [5.74, 6) is -0.457. The molecule has 6 heteroatoms. The minimum atomic E-state index is -0.457. The molecule has 2 heterocycles. The van der Waals surface area contributed by atoms with Crippen molar-refractivity contribution in [3.8, 4) is 0 Å². The average molecular weight is 393 g/mol. The van der Waals surface area contributed by atoms with E-state index >= 15 is 0 Å². The van der Waals surface area contributed by atoms with Crippen molar-refractivity contribution in [2.24, 2.45) is 0 Å². The Hall–Kier alpha value is -3.15. The Morgan fingerprint density at radius 3 is 2.55 bits per heavy atom. The summed E-state index contributed by atoms with van der Waals surface area (Å²) in [6.45, 7) is 7.24. The molecule has 1 aromatic heterocycles. The lowest BCUT2D eigenvalue weighted by molar-refractivity contribution is -0.132. The largest absolute Gasteiger partial charge is 0.368 e. The molecular formula is C23H24FN3O2. The third-order valence-electron chi connectivity index (χ3n) is 5.79. The Balaban J connectivity index is 1.47. The molecule has 2 aromatic carbocycles. The van der Waals surface area contributed by atoms with Crippen LogP contribution in [0.2, 0.25) is 0 Å². The number of piperazine rings is 1. The Labute approximate surface area is 169 Å². The molecule has 1 fully saturated rings. The number of rotatable bonds is 3. The number of aromatic nitrogens is 1. The zero-order valence-corrected chi connectivity index (χ0v) is 16.7. The van der Waals surface area contributed by atoms with Crippen LogP contribution in [0.15, 0.2) is 53.5 Å². The van der Waals surface area contributed by atoms with Gasteiger partial charge in [0.2, 0.25) is 5.91 Å². The molecule has 1 aliphatic heterocycles. The van der Waals surface area contributed by atoms with Crippen LogP contribution in [0.3, 0.4) is 0 Å². The zero-order chi connectivity index (χ0) is 20.5. The Kier molecular flexibility index (Phi) is 5.09. The molecule has 0 saturated carbocycles. The first kappa shape index (κ1) is 19.2. The van der Waals surface area contributed by atoms with Gasteiger partial charge in [-0.25, -0.2) is 4.39 Å². The van der Waals surface area contributed by atoms with E-state index in [2.05, 4.69) is 36.9 Å². The molecule has 0 spiro atoms. The molecule has 0 radical (unpaired) electrons. The molecule has 1 saturated heterocycles. The van der Waals surface area contributed by atoms with E-state index in [9.17, 15) is 14.0 Å². The summed E-state index contributed by atoms with van der Waals surface area (Å²) in [6, 6.07) is 11.8. The van der Waals surface area contributed by atoms with Gasteiger partial charge in [0, 0.05) is 49.5 Å². The van der Waals surface area contributed by atoms with Crippen molar-refractivity contribution in [2.45, 2.75) is 20.4 Å². The maximum absolute atomic E-state index is 13.5. The van der Waals surface area contributed by atoms with Crippen LogP contribution in [-0.2, 0) is 11.3 Å². The lowest BCUT2D eigenvalue weighted by Gasteiger charge is -2.37. The second-order valence-electron chi connectivity index (χ2n) is 7.56. The number of benzene rings is 2. The van der Waals surface area contributed by atoms with E-state index in [1.165, 1.54) is 35.0 Å². The molecule has 0 unspecified atom stereocenters. The maximum Gasteiger partial charge on any atom is 0.242 e. The first-order chi connectivity index (χ1) is 13.9. The Morgan fingerprint density at radius 2 is 1.79 bits per heavy atom. The molecule has 0 N–H and O–H groups in total. The first-order valence-electron chi connectivity index (χ1n) is 9.82. The van der Waals surface area contributed by atoms with Crippen molar-refractivity contribution < 1.29 is 9.18 Å². The lowest BCUT2D eigenvalue weighted by Crippen LogP contribution is -2.49. The zero-order valence-electron chi connectivity index (χ0n) is 16.7. The summed E-state index contributed by atoms with van der Waals surface area (Å²) < 4.78 is 15.2. The number of fused-ring (bicyclic) bond motifs is 1. The van der Waals surface area contributed by atoms with Gasteiger partial charge in [0.05, 0.1) is 5.52 Å². The molecule has 4 rings (SSSR count). The monoisotopic (exact) mass is 393 g/mol. The highest BCUT2D eigenvalue weighted by Gasteiger charge is 2.22. The quantitative estimate of drug-likeness (QED) is 0.687. The van der Waals surface area contributed by atoms with Crippen molar-refractivity contribution in [2.75, 3.05) is 31.1 Å². The second-order valence-corrected chi connectivity index (χ2v) is 7.56. The summed E-state index contributed by atoms with van der Waals surface area (Å²) in [5, 5.41) is 0.292. The number of carbonyl (C=O) groups excluding carboxylic acids is 1. The smallest absolute Gasteiger partial charge is 0.242 e. The fourth-order valence-electron chi connectivity index (χ4n) is 3.94. The van der Waals surface area contributed by atoms with Crippen molar-refractivity contribution in [1.82, 2.24) is 9.47 Å². The first-order valence-corrected chi connectivity index (χ1v) is 9.82. The minimum absolute atomic E-state index is 0.000104. The SMILES string of the molecule is Cc1cccc(N2CCN(C(=O)Cn3ccc(=O)c4cc(F)ccc43)CC2)c1C. The predicted molar refractivity (Wildman–Crippen MR) is 113 cm³/mol. The normalized spacial score (nSPS) is 14.4. The standard InChI is InChI=1S/C23H24FN3O2/c1-16-4-3-5-20(17(16)2)25-10-12-26(13-11-25)23(29)15-27-9-8-22(28)19-14-18(24)6-7-21(19)27/h3-9,14H,10-13,15H2,1-2H3. The third-order valence-corrected chi connectivity index (χ3v) is 5.79. The van der Waals surface area contributed by atoms with Crippen LogP contribution in [-0.4, -0.2) is 41.6 Å². The topological polar surface area (TPSA) is 45.5 Å². The number of hydrogen-bond acceptors (Lipinski definition) is 3. The van der Waals surface area contributed by atoms with Crippen LogP contribution in [0.25, 0.3) is 10.9 Å². The fraction of sp³-hybridized carbons (Fsp3) is 0.304. The Bertz CT molecular complexity index is 1130. The Morgan fingerprint density at radius 1 is 1.03 bits per heavy atom. The predicted octanol–water partition coefficient (Wildman–Crippen LogP) is 3.11. The third kappa shape index (κ3) is 3.75. The number of aryl methyl sites for hydroxylation is 1. The van der Waals surface area contributed by atoms with Crippen LogP contribution in [0, 0.1) is 19.7 Å². The summed E-state index contributed by atoms with van der Waals surface area (Å²) in [5.41, 5.74) is 4.10. The number of pyridine rings is 1. The van der Waals surface area contributed by atoms with Crippen molar-refractivity contribution in [3.05, 3.63) is 75.8 Å². The van der Waals surface area contributed by atoms with Gasteiger partial charge >= 0.3 is 0 Å². The number of nitrogens with zero attached hydrogens (tertiary/aromatic N) is 3. The van der Waals surface area contributed by atoms with Crippen LogP contribution in [0.5, 0.6) is 0 Å². The number of halogens is 1. The molecule has 1 aliphatic rings. The molecule has 0 aliphatic carbocycles. The number of anilines is 1. The highest BCUT2D eigenvalue weighted by atomic mass is 19.1. The minimum Gasteiger partial charge on any atom is -0.368 e. The van der Waals surface area contributed by atoms with Crippen molar-refractivity contribution in [3.63, 3.8) is 0 Å². The summed E-state index contributed by atoms with van der Waals surface area (Å²) in [7, 11) is 0. The average Bonchev–Trinajstić information content (AvgIpc) is 2.72. The van der Waals surface area contributed by atoms with Gasteiger partial charge in [-0.2, -0.15) is 0 Å². The van der Waals surface area contributed by atoms with E-state index < -0.39 is 5.82 Å². The van der Waals surface area contributed by atoms with Crippen LogP contribution < -0.4 is 10.3 Å². The number of hydrogen-bond donors (Lipinski definition) is 0. The highest BCUT2D eigenvalue weighted by molar-refractivity contribution is 5.82. The number of carbonyl (C=O) groups is 1. The molecule has 0 atom stereocenters. The highest BCUT2D eigenvalue weighted by Crippen LogP contribution is 2.24. The van der Waals surface area contributed by atoms with Crippen LogP contribution in [0.1, 0.15) is 11.1 Å². The number of amides is 1. The summed E-state index contributed by atoms with van der Waals surface area (Å²) >= 11 is 0. The summed E-state index contributed by atoms with van der Waals surface area (Å²) in [4.78, 5) is 29.1. The molecular weight excluding hydrogens is 369 g/mol. The van der Waals surface area contributed by atoms with E-state index in [1.54, 1.807) is 16.8 Å². The molecule has 3 aromatic rings. The van der Waals surface area contributed by atoms with Crippen molar-refractivity contribution in [1.29, 1.82) is 0 Å². The van der Waals surface area contributed by atoms with Crippen LogP contribution >= 0.6 is 0 Å². The van der Waals surface area contributed by atoms with Gasteiger partial charge in [0.1, 0.15) is 12.4 Å². The van der Waals surface area contributed by atoms with Gasteiger partial charge in [-0.3, -0.25) is 9.59 Å². The van der Waals surface area contributed by atoms with Gasteiger partial charge < -0.3 is 14.4 Å². The molecule has 150 valence electrons. The van der Waals surface area contributed by atoms with E-state index in [-0.39, 0.29) is 17.9 Å². The van der Waals surface area contributed by atoms with Crippen LogP contribution in [0.4, 0.5) is 10.1 Å². The summed E-state index contributed by atoms with van der Waals surface area (Å²) in [6.07, 6.45) is 1.60. The van der Waals surface area contributed by atoms with Gasteiger partial charge in [0.15, 0.2) is 5.43 Å². The lowest BCUT2D eigenvalue weighted by atomic mass is 10.1. The van der Waals surface area contributed by atoms with Gasteiger partial charge in [0.25, 0.3) is 0 Å². The van der Waals surface area contributed by atoms with E-state index in [4.69, 9.17) is 0 Å². The van der Waals surface area contributed by atoms with Gasteiger partial charge in [-0.05, 0) is 49.2 Å². The second kappa shape index (κ2) is 7.70. The fourth-order valence-corrected chi connectivity index (χ4v) is 3.94. The van der Waals surface area contributed by atoms with E-state index in [0.29, 0.717) is 24.0 Å². The molecule has 0 bridgehead atoms. The molecule has 1 amide bonds. The van der Waals surface area contributed by atoms with Gasteiger partial charge in [-0.1, -0.05) is 12.1 Å². The van der Waals surface area contributed by atoms with Crippen molar-refractivity contribution >= 4 is 22.5 Å². The molecule has 5 nitrogen and oxygen atoms in total. The van der Waals surface area contributed by atoms with E-state index in [0.717, 1.165) is 13.1 Å². The van der Waals surface area contributed by atoms with Gasteiger partial charge in [-0.15, -0.1) is 0 Å².